The zero-order valence-corrected chi connectivity index (χ0v) is 9.88. The molecule has 0 radical (unpaired) electrons. The highest BCUT2D eigenvalue weighted by Gasteiger charge is 2.58. The molecule has 14 heavy (non-hydrogen) atoms. The molecule has 3 saturated carbocycles. The third-order valence-corrected chi connectivity index (χ3v) is 4.22. The van der Waals surface area contributed by atoms with Crippen LogP contribution in [0.4, 0.5) is 0 Å². The lowest BCUT2D eigenvalue weighted by Crippen LogP contribution is -2.60. The zero-order chi connectivity index (χ0) is 11.0. The van der Waals surface area contributed by atoms with Gasteiger partial charge >= 0.3 is 0 Å². The molecule has 0 saturated heterocycles. The summed E-state index contributed by atoms with van der Waals surface area (Å²) >= 11 is 0. The van der Waals surface area contributed by atoms with Crippen LogP contribution < -0.4 is 0 Å². The normalized spacial score (nSPS) is 43.3. The quantitative estimate of drug-likeness (QED) is 0.629. The van der Waals surface area contributed by atoms with Gasteiger partial charge in [-0.2, -0.15) is 0 Å². The Hall–Kier alpha value is -0.0800. The van der Waals surface area contributed by atoms with Gasteiger partial charge in [0.15, 0.2) is 0 Å². The summed E-state index contributed by atoms with van der Waals surface area (Å²) in [6.07, 6.45) is 3.52. The molecule has 3 aliphatic rings. The first-order chi connectivity index (χ1) is 6.36. The minimum atomic E-state index is -0.363. The molecule has 84 valence electrons. The van der Waals surface area contributed by atoms with Crippen LogP contribution in [0.5, 0.6) is 0 Å². The van der Waals surface area contributed by atoms with E-state index in [0.29, 0.717) is 11.3 Å². The van der Waals surface area contributed by atoms with Gasteiger partial charge in [0, 0.05) is 6.61 Å². The molecule has 0 spiro atoms. The lowest BCUT2D eigenvalue weighted by atomic mass is 9.44. The predicted octanol–water partition coefficient (Wildman–Crippen LogP) is 2.19. The molecule has 2 N–H and O–H groups in total. The van der Waals surface area contributed by atoms with Crippen molar-refractivity contribution in [1.29, 1.82) is 0 Å². The van der Waals surface area contributed by atoms with Crippen molar-refractivity contribution >= 4 is 0 Å². The number of hydrogen-bond acceptors (Lipinski definition) is 2. The summed E-state index contributed by atoms with van der Waals surface area (Å²) in [5.41, 5.74) is 0.0556. The number of hydrogen-bond donors (Lipinski definition) is 2. The fourth-order valence-corrected chi connectivity index (χ4v) is 3.20. The minimum Gasteiger partial charge on any atom is -0.397 e. The summed E-state index contributed by atoms with van der Waals surface area (Å²) in [6, 6.07) is 0. The Bertz CT molecular complexity index is 186. The first kappa shape index (κ1) is 12.0. The van der Waals surface area contributed by atoms with Crippen molar-refractivity contribution in [3.05, 3.63) is 0 Å². The van der Waals surface area contributed by atoms with Crippen molar-refractivity contribution in [1.82, 2.24) is 0 Å². The van der Waals surface area contributed by atoms with E-state index in [1.165, 1.54) is 12.8 Å². The van der Waals surface area contributed by atoms with Gasteiger partial charge in [0.05, 0.1) is 5.60 Å². The van der Waals surface area contributed by atoms with Crippen LogP contribution in [0, 0.1) is 17.3 Å². The lowest BCUT2D eigenvalue weighted by Gasteiger charge is -2.62. The summed E-state index contributed by atoms with van der Waals surface area (Å²) in [5.74, 6) is 1.46. The number of aliphatic hydroxyl groups is 2. The molecule has 2 bridgehead atoms. The molecule has 0 aromatic carbocycles. The topological polar surface area (TPSA) is 40.5 Å². The lowest BCUT2D eigenvalue weighted by molar-refractivity contribution is -0.192. The molecule has 0 aromatic heterocycles. The minimum absolute atomic E-state index is 0.250. The van der Waals surface area contributed by atoms with E-state index >= 15 is 0 Å². The maximum atomic E-state index is 10.0. The molecule has 2 nitrogen and oxygen atoms in total. The van der Waals surface area contributed by atoms with Gasteiger partial charge in [0.25, 0.3) is 0 Å². The molecule has 3 aliphatic carbocycles. The smallest absolute Gasteiger partial charge is 0.0653 e. The standard InChI is InChI=1S/C10H18O.C2H6O/c1-9(2)7-4-5-10(3,11)8(9)6-7;1-2-3/h7-8,11H,4-6H2,1-3H3;3H,2H2,1H3. The Morgan fingerprint density at radius 2 is 1.79 bits per heavy atom. The van der Waals surface area contributed by atoms with Gasteiger partial charge in [-0.15, -0.1) is 0 Å². The van der Waals surface area contributed by atoms with E-state index in [0.717, 1.165) is 12.3 Å². The molecule has 0 aliphatic heterocycles. The molecule has 0 heterocycles. The molecule has 3 unspecified atom stereocenters. The third-order valence-electron chi connectivity index (χ3n) is 4.22. The SMILES string of the molecule is CC1(O)CCC2CC1C2(C)C.CCO. The van der Waals surface area contributed by atoms with E-state index in [1.54, 1.807) is 6.92 Å². The van der Waals surface area contributed by atoms with Crippen LogP contribution in [0.25, 0.3) is 0 Å². The van der Waals surface area contributed by atoms with Crippen LogP contribution in [0.2, 0.25) is 0 Å². The number of aliphatic hydroxyl groups excluding tert-OH is 1. The van der Waals surface area contributed by atoms with Crippen molar-refractivity contribution in [2.45, 2.75) is 52.6 Å². The Kier molecular flexibility index (Phi) is 3.27. The molecule has 2 heteroatoms. The summed E-state index contributed by atoms with van der Waals surface area (Å²) in [7, 11) is 0. The summed E-state index contributed by atoms with van der Waals surface area (Å²) in [6.45, 7) is 8.55. The second-order valence-electron chi connectivity index (χ2n) is 5.52. The van der Waals surface area contributed by atoms with Crippen LogP contribution in [0.3, 0.4) is 0 Å². The van der Waals surface area contributed by atoms with Crippen LogP contribution in [-0.2, 0) is 0 Å². The number of fused-ring (bicyclic) bond motifs is 2. The van der Waals surface area contributed by atoms with Crippen molar-refractivity contribution in [2.75, 3.05) is 6.61 Å². The van der Waals surface area contributed by atoms with E-state index in [-0.39, 0.29) is 12.2 Å². The van der Waals surface area contributed by atoms with E-state index < -0.39 is 0 Å². The fraction of sp³-hybridized carbons (Fsp3) is 1.00. The van der Waals surface area contributed by atoms with Gasteiger partial charge in [-0.3, -0.25) is 0 Å². The largest absolute Gasteiger partial charge is 0.397 e. The molecule has 3 atom stereocenters. The molecular weight excluding hydrogens is 176 g/mol. The van der Waals surface area contributed by atoms with Gasteiger partial charge in [0.1, 0.15) is 0 Å². The van der Waals surface area contributed by atoms with Gasteiger partial charge in [-0.25, -0.2) is 0 Å². The molecule has 0 aromatic rings. The highest BCUT2D eigenvalue weighted by molar-refractivity contribution is 5.08. The van der Waals surface area contributed by atoms with Crippen LogP contribution in [-0.4, -0.2) is 22.4 Å². The zero-order valence-electron chi connectivity index (χ0n) is 9.88. The van der Waals surface area contributed by atoms with Gasteiger partial charge in [0.2, 0.25) is 0 Å². The second kappa shape index (κ2) is 3.82. The number of rotatable bonds is 0. The first-order valence-corrected chi connectivity index (χ1v) is 5.69. The Morgan fingerprint density at radius 3 is 2.00 bits per heavy atom. The van der Waals surface area contributed by atoms with Crippen molar-refractivity contribution in [2.24, 2.45) is 17.3 Å². The summed E-state index contributed by atoms with van der Waals surface area (Å²) < 4.78 is 0. The monoisotopic (exact) mass is 200 g/mol. The average molecular weight is 200 g/mol. The molecule has 3 fully saturated rings. The van der Waals surface area contributed by atoms with Gasteiger partial charge in [-0.05, 0) is 50.4 Å². The molecule has 0 amide bonds. The van der Waals surface area contributed by atoms with Crippen molar-refractivity contribution < 1.29 is 10.2 Å². The Morgan fingerprint density at radius 1 is 1.29 bits per heavy atom. The predicted molar refractivity (Wildman–Crippen MR) is 58.0 cm³/mol. The van der Waals surface area contributed by atoms with Crippen LogP contribution in [0.15, 0.2) is 0 Å². The highest BCUT2D eigenvalue weighted by Crippen LogP contribution is 2.62. The van der Waals surface area contributed by atoms with Gasteiger partial charge in [-0.1, -0.05) is 13.8 Å². The molecular formula is C12H24O2. The van der Waals surface area contributed by atoms with E-state index in [9.17, 15) is 5.11 Å². The first-order valence-electron chi connectivity index (χ1n) is 5.69. The van der Waals surface area contributed by atoms with E-state index in [2.05, 4.69) is 13.8 Å². The average Bonchev–Trinajstić information content (AvgIpc) is 2.03. The van der Waals surface area contributed by atoms with E-state index in [4.69, 9.17) is 5.11 Å². The van der Waals surface area contributed by atoms with Crippen LogP contribution >= 0.6 is 0 Å². The maximum Gasteiger partial charge on any atom is 0.0653 e. The fourth-order valence-electron chi connectivity index (χ4n) is 3.20. The van der Waals surface area contributed by atoms with E-state index in [1.807, 2.05) is 6.92 Å². The van der Waals surface area contributed by atoms with Crippen molar-refractivity contribution in [3.8, 4) is 0 Å². The highest BCUT2D eigenvalue weighted by atomic mass is 16.3. The summed E-state index contributed by atoms with van der Waals surface area (Å²) in [5, 5.41) is 17.6. The van der Waals surface area contributed by atoms with Crippen LogP contribution in [0.1, 0.15) is 47.0 Å². The Labute approximate surface area is 87.3 Å². The third kappa shape index (κ3) is 1.82. The van der Waals surface area contributed by atoms with Gasteiger partial charge < -0.3 is 10.2 Å². The summed E-state index contributed by atoms with van der Waals surface area (Å²) in [4.78, 5) is 0. The Balaban J connectivity index is 0.000000293. The van der Waals surface area contributed by atoms with Crippen molar-refractivity contribution in [3.63, 3.8) is 0 Å². The second-order valence-corrected chi connectivity index (χ2v) is 5.52. The maximum absolute atomic E-state index is 10.0. The molecule has 3 rings (SSSR count).